The van der Waals surface area contributed by atoms with E-state index in [0.717, 1.165) is 31.2 Å². The number of para-hydroxylation sites is 1. The van der Waals surface area contributed by atoms with Gasteiger partial charge in [0.05, 0.1) is 10.9 Å². The lowest BCUT2D eigenvalue weighted by Crippen LogP contribution is -2.39. The Balaban J connectivity index is 1.45. The van der Waals surface area contributed by atoms with Crippen molar-refractivity contribution < 1.29 is 9.18 Å². The number of benzene rings is 2. The Morgan fingerprint density at radius 3 is 2.50 bits per heavy atom. The average Bonchev–Trinajstić information content (AvgIpc) is 3.23. The Hall–Kier alpha value is -3.22. The molecule has 1 aliphatic rings. The monoisotopic (exact) mass is 409 g/mol. The summed E-state index contributed by atoms with van der Waals surface area (Å²) in [4.78, 5) is 39.1. The van der Waals surface area contributed by atoms with Crippen molar-refractivity contribution >= 4 is 16.8 Å². The summed E-state index contributed by atoms with van der Waals surface area (Å²) in [5, 5.41) is 3.42. The first kappa shape index (κ1) is 20.1. The topological polar surface area (TPSA) is 84.0 Å². The first-order chi connectivity index (χ1) is 14.5. The molecule has 2 N–H and O–H groups in total. The van der Waals surface area contributed by atoms with Crippen LogP contribution in [0.25, 0.3) is 10.9 Å². The Morgan fingerprint density at radius 2 is 1.77 bits per heavy atom. The molecular formula is C23H24FN3O3. The molecule has 4 rings (SSSR count). The summed E-state index contributed by atoms with van der Waals surface area (Å²) in [7, 11) is 0. The van der Waals surface area contributed by atoms with Gasteiger partial charge in [0.2, 0.25) is 5.91 Å². The van der Waals surface area contributed by atoms with Crippen LogP contribution in [0.5, 0.6) is 0 Å². The van der Waals surface area contributed by atoms with Crippen LogP contribution < -0.4 is 16.6 Å². The highest BCUT2D eigenvalue weighted by Crippen LogP contribution is 2.40. The highest BCUT2D eigenvalue weighted by atomic mass is 19.1. The minimum atomic E-state index is -0.523. The normalized spacial score (nSPS) is 15.4. The van der Waals surface area contributed by atoms with Crippen molar-refractivity contribution in [2.75, 3.05) is 6.54 Å². The van der Waals surface area contributed by atoms with Crippen molar-refractivity contribution in [1.82, 2.24) is 14.9 Å². The summed E-state index contributed by atoms with van der Waals surface area (Å²) in [5.41, 5.74) is 0.427. The maximum absolute atomic E-state index is 13.3. The van der Waals surface area contributed by atoms with Gasteiger partial charge in [0.15, 0.2) is 0 Å². The fourth-order valence-electron chi connectivity index (χ4n) is 4.46. The fourth-order valence-corrected chi connectivity index (χ4v) is 4.46. The number of aryl methyl sites for hydroxylation is 1. The number of amides is 1. The number of nitrogens with zero attached hydrogens (tertiary/aromatic N) is 1. The maximum Gasteiger partial charge on any atom is 0.328 e. The van der Waals surface area contributed by atoms with Crippen LogP contribution in [0.1, 0.15) is 37.7 Å². The average molecular weight is 409 g/mol. The largest absolute Gasteiger partial charge is 0.355 e. The van der Waals surface area contributed by atoms with Gasteiger partial charge in [-0.3, -0.25) is 19.1 Å². The molecule has 6 nitrogen and oxygen atoms in total. The summed E-state index contributed by atoms with van der Waals surface area (Å²) in [5.74, 6) is -0.430. The Labute approximate surface area is 172 Å². The SMILES string of the molecule is O=C(CCn1c(=O)[nH]c(=O)c2ccccc21)NCC1(c2ccc(F)cc2)CCCC1. The lowest BCUT2D eigenvalue weighted by molar-refractivity contribution is -0.121. The van der Waals surface area contributed by atoms with Gasteiger partial charge in [-0.25, -0.2) is 9.18 Å². The summed E-state index contributed by atoms with van der Waals surface area (Å²) in [6.45, 7) is 0.657. The minimum Gasteiger partial charge on any atom is -0.355 e. The molecule has 1 aromatic heterocycles. The first-order valence-corrected chi connectivity index (χ1v) is 10.2. The molecule has 2 aromatic carbocycles. The number of nitrogens with one attached hydrogen (secondary N) is 2. The van der Waals surface area contributed by atoms with Crippen molar-refractivity contribution in [1.29, 1.82) is 0 Å². The zero-order valence-corrected chi connectivity index (χ0v) is 16.6. The number of halogens is 1. The van der Waals surface area contributed by atoms with Crippen LogP contribution in [-0.4, -0.2) is 22.0 Å². The third kappa shape index (κ3) is 3.92. The van der Waals surface area contributed by atoms with Gasteiger partial charge in [-0.1, -0.05) is 37.1 Å². The van der Waals surface area contributed by atoms with Gasteiger partial charge in [0, 0.05) is 24.9 Å². The number of carbonyl (C=O) groups excluding carboxylic acids is 1. The van der Waals surface area contributed by atoms with E-state index in [9.17, 15) is 18.8 Å². The van der Waals surface area contributed by atoms with E-state index < -0.39 is 11.2 Å². The third-order valence-corrected chi connectivity index (χ3v) is 6.11. The number of aromatic nitrogens is 2. The van der Waals surface area contributed by atoms with E-state index in [2.05, 4.69) is 10.3 Å². The second kappa shape index (κ2) is 8.26. The van der Waals surface area contributed by atoms with Gasteiger partial charge in [0.25, 0.3) is 5.56 Å². The summed E-state index contributed by atoms with van der Waals surface area (Å²) < 4.78 is 14.7. The van der Waals surface area contributed by atoms with Crippen LogP contribution in [0.15, 0.2) is 58.1 Å². The molecule has 1 amide bonds. The van der Waals surface area contributed by atoms with Crippen LogP contribution in [-0.2, 0) is 16.8 Å². The molecule has 3 aromatic rings. The number of fused-ring (bicyclic) bond motifs is 1. The molecule has 0 saturated heterocycles. The summed E-state index contributed by atoms with van der Waals surface area (Å²) in [6, 6.07) is 13.4. The second-order valence-electron chi connectivity index (χ2n) is 7.95. The molecule has 30 heavy (non-hydrogen) atoms. The predicted octanol–water partition coefficient (Wildman–Crippen LogP) is 2.85. The standard InChI is InChI=1S/C23H24FN3O3/c24-17-9-7-16(8-10-17)23(12-3-4-13-23)15-25-20(28)11-14-27-19-6-2-1-5-18(19)21(29)26-22(27)30/h1-2,5-10H,3-4,11-15H2,(H,25,28)(H,26,29,30). The van der Waals surface area contributed by atoms with E-state index in [4.69, 9.17) is 0 Å². The van der Waals surface area contributed by atoms with E-state index in [0.29, 0.717) is 17.4 Å². The van der Waals surface area contributed by atoms with Gasteiger partial charge in [-0.15, -0.1) is 0 Å². The van der Waals surface area contributed by atoms with E-state index in [1.54, 1.807) is 36.4 Å². The zero-order chi connectivity index (χ0) is 21.1. The minimum absolute atomic E-state index is 0.120. The molecule has 0 radical (unpaired) electrons. The van der Waals surface area contributed by atoms with Gasteiger partial charge in [-0.05, 0) is 42.7 Å². The van der Waals surface area contributed by atoms with Crippen molar-refractivity contribution in [2.24, 2.45) is 0 Å². The molecule has 1 fully saturated rings. The third-order valence-electron chi connectivity index (χ3n) is 6.11. The molecule has 0 bridgehead atoms. The van der Waals surface area contributed by atoms with E-state index in [-0.39, 0.29) is 30.1 Å². The number of rotatable bonds is 6. The van der Waals surface area contributed by atoms with Crippen molar-refractivity contribution in [2.45, 2.75) is 44.1 Å². The molecule has 156 valence electrons. The molecule has 1 heterocycles. The van der Waals surface area contributed by atoms with Gasteiger partial charge in [0.1, 0.15) is 5.82 Å². The smallest absolute Gasteiger partial charge is 0.328 e. The molecular weight excluding hydrogens is 385 g/mol. The molecule has 0 spiro atoms. The van der Waals surface area contributed by atoms with Crippen molar-refractivity contribution in [3.05, 3.63) is 80.7 Å². The molecule has 0 unspecified atom stereocenters. The molecule has 1 saturated carbocycles. The lowest BCUT2D eigenvalue weighted by atomic mass is 9.79. The van der Waals surface area contributed by atoms with Gasteiger partial charge in [-0.2, -0.15) is 0 Å². The van der Waals surface area contributed by atoms with Crippen LogP contribution >= 0.6 is 0 Å². The highest BCUT2D eigenvalue weighted by Gasteiger charge is 2.35. The van der Waals surface area contributed by atoms with Crippen LogP contribution in [0.2, 0.25) is 0 Å². The van der Waals surface area contributed by atoms with Crippen LogP contribution in [0.4, 0.5) is 4.39 Å². The number of hydrogen-bond donors (Lipinski definition) is 2. The van der Waals surface area contributed by atoms with Crippen LogP contribution in [0, 0.1) is 5.82 Å². The molecule has 1 aliphatic carbocycles. The number of aromatic amines is 1. The zero-order valence-electron chi connectivity index (χ0n) is 16.6. The highest BCUT2D eigenvalue weighted by molar-refractivity contribution is 5.78. The lowest BCUT2D eigenvalue weighted by Gasteiger charge is -2.30. The first-order valence-electron chi connectivity index (χ1n) is 10.2. The van der Waals surface area contributed by atoms with Crippen LogP contribution in [0.3, 0.4) is 0 Å². The Bertz CT molecular complexity index is 1170. The molecule has 0 aliphatic heterocycles. The Kier molecular flexibility index (Phi) is 5.53. The van der Waals surface area contributed by atoms with E-state index in [1.165, 1.54) is 16.7 Å². The molecule has 0 atom stereocenters. The van der Waals surface area contributed by atoms with Gasteiger partial charge >= 0.3 is 5.69 Å². The maximum atomic E-state index is 13.3. The van der Waals surface area contributed by atoms with E-state index in [1.807, 2.05) is 0 Å². The fraction of sp³-hybridized carbons (Fsp3) is 0.348. The summed E-state index contributed by atoms with van der Waals surface area (Å²) >= 11 is 0. The predicted molar refractivity (Wildman–Crippen MR) is 113 cm³/mol. The van der Waals surface area contributed by atoms with Gasteiger partial charge < -0.3 is 5.32 Å². The molecule has 7 heteroatoms. The second-order valence-corrected chi connectivity index (χ2v) is 7.95. The Morgan fingerprint density at radius 1 is 1.07 bits per heavy atom. The van der Waals surface area contributed by atoms with E-state index >= 15 is 0 Å². The van der Waals surface area contributed by atoms with Crippen molar-refractivity contribution in [3.63, 3.8) is 0 Å². The summed E-state index contributed by atoms with van der Waals surface area (Å²) in [6.07, 6.45) is 4.17. The number of carbonyl (C=O) groups is 1. The number of H-pyrrole nitrogens is 1. The van der Waals surface area contributed by atoms with Crippen molar-refractivity contribution in [3.8, 4) is 0 Å². The quantitative estimate of drug-likeness (QED) is 0.657. The number of hydrogen-bond acceptors (Lipinski definition) is 3.